The van der Waals surface area contributed by atoms with Gasteiger partial charge in [-0.05, 0) is 24.1 Å². The summed E-state index contributed by atoms with van der Waals surface area (Å²) in [5, 5.41) is 12.2. The van der Waals surface area contributed by atoms with E-state index in [2.05, 4.69) is 5.32 Å². The Balaban J connectivity index is 2.00. The van der Waals surface area contributed by atoms with E-state index in [1.807, 2.05) is 31.2 Å². The molecule has 0 saturated heterocycles. The van der Waals surface area contributed by atoms with Crippen molar-refractivity contribution >= 4 is 5.97 Å². The van der Waals surface area contributed by atoms with Gasteiger partial charge in [0.15, 0.2) is 0 Å². The Morgan fingerprint density at radius 1 is 1.00 bits per heavy atom. The molecule has 26 heavy (non-hydrogen) atoms. The summed E-state index contributed by atoms with van der Waals surface area (Å²) >= 11 is 0. The number of rotatable bonds is 10. The van der Waals surface area contributed by atoms with Crippen LogP contribution in [0.5, 0.6) is 23.0 Å². The second-order valence-corrected chi connectivity index (χ2v) is 5.85. The fourth-order valence-electron chi connectivity index (χ4n) is 2.49. The molecule has 0 aliphatic carbocycles. The molecule has 0 spiro atoms. The molecule has 1 atom stereocenters. The molecule has 6 nitrogen and oxygen atoms in total. The number of carbonyl (C=O) groups is 1. The third-order valence-electron chi connectivity index (χ3n) is 3.91. The maximum Gasteiger partial charge on any atom is 0.320 e. The van der Waals surface area contributed by atoms with Gasteiger partial charge in [0.2, 0.25) is 0 Å². The normalized spacial score (nSPS) is 11.7. The van der Waals surface area contributed by atoms with Crippen LogP contribution in [-0.2, 0) is 11.3 Å². The molecule has 2 aromatic rings. The van der Waals surface area contributed by atoms with Gasteiger partial charge < -0.3 is 24.6 Å². The summed E-state index contributed by atoms with van der Waals surface area (Å²) in [6.45, 7) is 2.46. The molecule has 2 N–H and O–H groups in total. The van der Waals surface area contributed by atoms with E-state index in [0.717, 1.165) is 12.0 Å². The second-order valence-electron chi connectivity index (χ2n) is 5.85. The lowest BCUT2D eigenvalue weighted by Gasteiger charge is -2.14. The predicted molar refractivity (Wildman–Crippen MR) is 99.2 cm³/mol. The number of methoxy groups -OCH3 is 2. The third kappa shape index (κ3) is 5.67. The molecule has 0 radical (unpaired) electrons. The maximum absolute atomic E-state index is 11.2. The molecule has 0 heterocycles. The number of carboxylic acid groups (broad SMARTS) is 1. The van der Waals surface area contributed by atoms with Crippen molar-refractivity contribution in [1.29, 1.82) is 0 Å². The number of ether oxygens (including phenoxy) is 3. The minimum Gasteiger partial charge on any atom is -0.496 e. The van der Waals surface area contributed by atoms with Gasteiger partial charge in [0, 0.05) is 24.7 Å². The van der Waals surface area contributed by atoms with Crippen molar-refractivity contribution in [3.8, 4) is 23.0 Å². The first-order valence-corrected chi connectivity index (χ1v) is 8.51. The quantitative estimate of drug-likeness (QED) is 0.671. The molecule has 0 bridgehead atoms. The molecule has 0 amide bonds. The van der Waals surface area contributed by atoms with Gasteiger partial charge in [-0.15, -0.1) is 0 Å². The number of aliphatic carboxylic acids is 1. The van der Waals surface area contributed by atoms with Crippen LogP contribution in [0.4, 0.5) is 0 Å². The summed E-state index contributed by atoms with van der Waals surface area (Å²) in [5.74, 6) is 1.76. The highest BCUT2D eigenvalue weighted by Crippen LogP contribution is 2.30. The van der Waals surface area contributed by atoms with E-state index in [0.29, 0.717) is 36.0 Å². The minimum absolute atomic E-state index is 0.490. The van der Waals surface area contributed by atoms with Gasteiger partial charge in [-0.25, -0.2) is 0 Å². The zero-order chi connectivity index (χ0) is 18.9. The van der Waals surface area contributed by atoms with Gasteiger partial charge >= 0.3 is 5.97 Å². The minimum atomic E-state index is -0.821. The number of carboxylic acids is 1. The Morgan fingerprint density at radius 2 is 1.58 bits per heavy atom. The highest BCUT2D eigenvalue weighted by molar-refractivity contribution is 5.73. The van der Waals surface area contributed by atoms with Crippen LogP contribution in [0.15, 0.2) is 42.5 Å². The average Bonchev–Trinajstić information content (AvgIpc) is 2.65. The third-order valence-corrected chi connectivity index (χ3v) is 3.91. The van der Waals surface area contributed by atoms with Crippen molar-refractivity contribution in [2.75, 3.05) is 14.2 Å². The van der Waals surface area contributed by atoms with Crippen molar-refractivity contribution < 1.29 is 24.1 Å². The first kappa shape index (κ1) is 19.6. The van der Waals surface area contributed by atoms with E-state index in [-0.39, 0.29) is 0 Å². The van der Waals surface area contributed by atoms with Crippen molar-refractivity contribution in [1.82, 2.24) is 5.32 Å². The number of benzene rings is 2. The molecular weight excluding hydrogens is 334 g/mol. The summed E-state index contributed by atoms with van der Waals surface area (Å²) in [6.07, 6.45) is 1.43. The summed E-state index contributed by atoms with van der Waals surface area (Å²) in [7, 11) is 3.17. The molecule has 2 rings (SSSR count). The Kier molecular flexibility index (Phi) is 7.29. The van der Waals surface area contributed by atoms with E-state index in [9.17, 15) is 9.90 Å². The second kappa shape index (κ2) is 9.68. The van der Waals surface area contributed by atoms with Gasteiger partial charge in [0.1, 0.15) is 29.0 Å². The van der Waals surface area contributed by atoms with Crippen molar-refractivity contribution in [2.45, 2.75) is 32.4 Å². The highest BCUT2D eigenvalue weighted by atomic mass is 16.5. The number of nitrogens with one attached hydrogen (secondary N) is 1. The monoisotopic (exact) mass is 359 g/mol. The Labute approximate surface area is 153 Å². The Bertz CT molecular complexity index is 692. The zero-order valence-corrected chi connectivity index (χ0v) is 15.3. The number of hydrogen-bond donors (Lipinski definition) is 2. The SMILES string of the molecule is CCCC(NCc1ccc(Oc2cc(OC)cc(OC)c2)cc1)C(=O)O. The summed E-state index contributed by atoms with van der Waals surface area (Å²) < 4.78 is 16.3. The molecule has 0 aliphatic heterocycles. The van der Waals surface area contributed by atoms with Crippen LogP contribution in [0.3, 0.4) is 0 Å². The van der Waals surface area contributed by atoms with Crippen LogP contribution in [0.2, 0.25) is 0 Å². The van der Waals surface area contributed by atoms with Crippen LogP contribution in [0.1, 0.15) is 25.3 Å². The Morgan fingerprint density at radius 3 is 2.08 bits per heavy atom. The summed E-state index contributed by atoms with van der Waals surface area (Å²) in [4.78, 5) is 11.2. The van der Waals surface area contributed by atoms with Crippen molar-refractivity contribution in [2.24, 2.45) is 0 Å². The highest BCUT2D eigenvalue weighted by Gasteiger charge is 2.15. The van der Waals surface area contributed by atoms with E-state index >= 15 is 0 Å². The van der Waals surface area contributed by atoms with Crippen LogP contribution in [0, 0.1) is 0 Å². The largest absolute Gasteiger partial charge is 0.496 e. The fourth-order valence-corrected chi connectivity index (χ4v) is 2.49. The zero-order valence-electron chi connectivity index (χ0n) is 15.3. The van der Waals surface area contributed by atoms with Gasteiger partial charge in [0.05, 0.1) is 14.2 Å². The fraction of sp³-hybridized carbons (Fsp3) is 0.350. The molecule has 0 fully saturated rings. The van der Waals surface area contributed by atoms with Gasteiger partial charge in [0.25, 0.3) is 0 Å². The van der Waals surface area contributed by atoms with E-state index in [1.54, 1.807) is 32.4 Å². The predicted octanol–water partition coefficient (Wildman–Crippen LogP) is 3.84. The van der Waals surface area contributed by atoms with Crippen LogP contribution >= 0.6 is 0 Å². The molecule has 0 saturated carbocycles. The molecular formula is C20H25NO5. The first-order valence-electron chi connectivity index (χ1n) is 8.51. The average molecular weight is 359 g/mol. The van der Waals surface area contributed by atoms with E-state index < -0.39 is 12.0 Å². The van der Waals surface area contributed by atoms with Crippen LogP contribution in [0.25, 0.3) is 0 Å². The molecule has 2 aromatic carbocycles. The lowest BCUT2D eigenvalue weighted by molar-refractivity contribution is -0.139. The molecule has 1 unspecified atom stereocenters. The summed E-state index contributed by atoms with van der Waals surface area (Å²) in [5.41, 5.74) is 0.989. The lowest BCUT2D eigenvalue weighted by Crippen LogP contribution is -2.35. The molecule has 140 valence electrons. The molecule has 0 aromatic heterocycles. The van der Waals surface area contributed by atoms with Crippen molar-refractivity contribution in [3.05, 3.63) is 48.0 Å². The maximum atomic E-state index is 11.2. The summed E-state index contributed by atoms with van der Waals surface area (Å²) in [6, 6.07) is 12.3. The smallest absolute Gasteiger partial charge is 0.320 e. The lowest BCUT2D eigenvalue weighted by atomic mass is 10.1. The van der Waals surface area contributed by atoms with Gasteiger partial charge in [-0.1, -0.05) is 25.5 Å². The van der Waals surface area contributed by atoms with Crippen LogP contribution < -0.4 is 19.5 Å². The molecule has 0 aliphatic rings. The molecule has 6 heteroatoms. The number of hydrogen-bond acceptors (Lipinski definition) is 5. The van der Waals surface area contributed by atoms with Gasteiger partial charge in [-0.3, -0.25) is 4.79 Å². The van der Waals surface area contributed by atoms with Crippen molar-refractivity contribution in [3.63, 3.8) is 0 Å². The first-order chi connectivity index (χ1) is 12.5. The van der Waals surface area contributed by atoms with Crippen LogP contribution in [-0.4, -0.2) is 31.3 Å². The van der Waals surface area contributed by atoms with E-state index in [4.69, 9.17) is 14.2 Å². The standard InChI is InChI=1S/C20H25NO5/c1-4-5-19(20(22)23)21-13-14-6-8-15(9-7-14)26-18-11-16(24-2)10-17(12-18)25-3/h6-12,19,21H,4-5,13H2,1-3H3,(H,22,23). The van der Waals surface area contributed by atoms with Gasteiger partial charge in [-0.2, -0.15) is 0 Å². The topological polar surface area (TPSA) is 77.0 Å². The Hall–Kier alpha value is -2.73. The van der Waals surface area contributed by atoms with E-state index in [1.165, 1.54) is 0 Å².